The minimum Gasteiger partial charge on any atom is -0.444 e. The monoisotopic (exact) mass is 304 g/mol. The number of benzene rings is 1. The van der Waals surface area contributed by atoms with Crippen molar-refractivity contribution in [2.45, 2.75) is 46.3 Å². The fourth-order valence-corrected chi connectivity index (χ4v) is 2.05. The van der Waals surface area contributed by atoms with Crippen LogP contribution in [-0.4, -0.2) is 24.8 Å². The molecule has 122 valence electrons. The van der Waals surface area contributed by atoms with Crippen LogP contribution in [0.3, 0.4) is 0 Å². The molecule has 0 radical (unpaired) electrons. The second kappa shape index (κ2) is 8.59. The van der Waals surface area contributed by atoms with Crippen molar-refractivity contribution in [2.75, 3.05) is 13.1 Å². The fourth-order valence-electron chi connectivity index (χ4n) is 2.05. The second-order valence-corrected chi connectivity index (χ2v) is 6.34. The van der Waals surface area contributed by atoms with E-state index in [1.165, 1.54) is 11.1 Å². The Morgan fingerprint density at radius 3 is 2.50 bits per heavy atom. The first-order chi connectivity index (χ1) is 10.3. The van der Waals surface area contributed by atoms with E-state index < -0.39 is 11.7 Å². The van der Waals surface area contributed by atoms with Crippen molar-refractivity contribution in [1.29, 1.82) is 0 Å². The quantitative estimate of drug-likeness (QED) is 0.787. The van der Waals surface area contributed by atoms with Gasteiger partial charge in [0.25, 0.3) is 0 Å². The number of carbonyl (C=O) groups is 1. The zero-order chi connectivity index (χ0) is 16.6. The van der Waals surface area contributed by atoms with E-state index in [9.17, 15) is 4.79 Å². The molecule has 22 heavy (non-hydrogen) atoms. The maximum Gasteiger partial charge on any atom is 0.407 e. The summed E-state index contributed by atoms with van der Waals surface area (Å²) in [6.45, 7) is 11.0. The van der Waals surface area contributed by atoms with Gasteiger partial charge in [-0.05, 0) is 45.7 Å². The largest absolute Gasteiger partial charge is 0.444 e. The first-order valence-electron chi connectivity index (χ1n) is 7.70. The molecule has 0 aliphatic carbocycles. The summed E-state index contributed by atoms with van der Waals surface area (Å²) in [5.74, 6) is 0. The Morgan fingerprint density at radius 2 is 1.86 bits per heavy atom. The lowest BCUT2D eigenvalue weighted by Gasteiger charge is -2.19. The number of alkyl carbamates (subject to hydrolysis) is 1. The Hall–Kier alpha value is -1.81. The number of hydrogen-bond donors (Lipinski definition) is 2. The maximum absolute atomic E-state index is 11.4. The number of nitrogens with one attached hydrogen (secondary N) is 2. The molecule has 0 saturated carbocycles. The molecule has 4 nitrogen and oxygen atoms in total. The molecule has 1 atom stereocenters. The molecule has 0 spiro atoms. The van der Waals surface area contributed by atoms with Gasteiger partial charge in [-0.15, -0.1) is 0 Å². The van der Waals surface area contributed by atoms with Crippen molar-refractivity contribution in [3.05, 3.63) is 47.5 Å². The number of ether oxygens (including phenoxy) is 1. The smallest absolute Gasteiger partial charge is 0.407 e. The Kier molecular flexibility index (Phi) is 7.12. The maximum atomic E-state index is 11.4. The Labute approximate surface area is 133 Å². The highest BCUT2D eigenvalue weighted by molar-refractivity contribution is 5.67. The molecule has 1 rings (SSSR count). The summed E-state index contributed by atoms with van der Waals surface area (Å²) in [5.41, 5.74) is 2.14. The van der Waals surface area contributed by atoms with Crippen LogP contribution in [0.2, 0.25) is 0 Å². The average molecular weight is 304 g/mol. The third-order valence-electron chi connectivity index (χ3n) is 3.13. The third kappa shape index (κ3) is 7.27. The minimum absolute atomic E-state index is 0.296. The van der Waals surface area contributed by atoms with Gasteiger partial charge in [0, 0.05) is 19.1 Å². The van der Waals surface area contributed by atoms with Gasteiger partial charge in [-0.2, -0.15) is 0 Å². The SMILES string of the molecule is Cc1ccccc1C(C)NC/C=C/CNC(=O)OC(C)(C)C. The number of carbonyl (C=O) groups excluding carboxylic acids is 1. The summed E-state index contributed by atoms with van der Waals surface area (Å²) in [5, 5.41) is 6.13. The van der Waals surface area contributed by atoms with Gasteiger partial charge in [0.2, 0.25) is 0 Å². The Balaban J connectivity index is 2.24. The van der Waals surface area contributed by atoms with Crippen molar-refractivity contribution >= 4 is 6.09 Å². The molecule has 0 heterocycles. The Bertz CT molecular complexity index is 504. The van der Waals surface area contributed by atoms with Gasteiger partial charge in [-0.1, -0.05) is 36.4 Å². The average Bonchev–Trinajstić information content (AvgIpc) is 2.41. The predicted octanol–water partition coefficient (Wildman–Crippen LogP) is 3.73. The molecule has 0 fully saturated rings. The zero-order valence-electron chi connectivity index (χ0n) is 14.3. The van der Waals surface area contributed by atoms with E-state index in [2.05, 4.69) is 42.7 Å². The molecule has 0 aliphatic heterocycles. The van der Waals surface area contributed by atoms with Gasteiger partial charge in [0.05, 0.1) is 0 Å². The normalized spacial score (nSPS) is 13.1. The van der Waals surface area contributed by atoms with E-state index in [4.69, 9.17) is 4.74 Å². The molecule has 1 amide bonds. The van der Waals surface area contributed by atoms with Gasteiger partial charge < -0.3 is 15.4 Å². The number of aryl methyl sites for hydroxylation is 1. The summed E-state index contributed by atoms with van der Waals surface area (Å²) in [6, 6.07) is 8.66. The topological polar surface area (TPSA) is 50.4 Å². The van der Waals surface area contributed by atoms with Crippen LogP contribution in [-0.2, 0) is 4.74 Å². The van der Waals surface area contributed by atoms with E-state index in [0.717, 1.165) is 6.54 Å². The molecule has 0 saturated heterocycles. The van der Waals surface area contributed by atoms with Crippen molar-refractivity contribution in [2.24, 2.45) is 0 Å². The van der Waals surface area contributed by atoms with Gasteiger partial charge in [0.15, 0.2) is 0 Å². The second-order valence-electron chi connectivity index (χ2n) is 6.34. The highest BCUT2D eigenvalue weighted by Gasteiger charge is 2.14. The fraction of sp³-hybridized carbons (Fsp3) is 0.500. The zero-order valence-corrected chi connectivity index (χ0v) is 14.3. The van der Waals surface area contributed by atoms with E-state index >= 15 is 0 Å². The molecular formula is C18H28N2O2. The van der Waals surface area contributed by atoms with Gasteiger partial charge >= 0.3 is 6.09 Å². The highest BCUT2D eigenvalue weighted by atomic mass is 16.6. The summed E-state index contributed by atoms with van der Waals surface area (Å²) in [4.78, 5) is 11.4. The standard InChI is InChI=1S/C18H28N2O2/c1-14-10-6-7-11-16(14)15(2)19-12-8-9-13-20-17(21)22-18(3,4)5/h6-11,15,19H,12-13H2,1-5H3,(H,20,21)/b9-8+. The molecule has 0 bridgehead atoms. The molecule has 1 aromatic rings. The van der Waals surface area contributed by atoms with Crippen LogP contribution >= 0.6 is 0 Å². The first kappa shape index (κ1) is 18.2. The van der Waals surface area contributed by atoms with Gasteiger partial charge in [-0.25, -0.2) is 4.79 Å². The summed E-state index contributed by atoms with van der Waals surface area (Å²) in [6.07, 6.45) is 3.53. The van der Waals surface area contributed by atoms with Crippen LogP contribution in [0, 0.1) is 6.92 Å². The van der Waals surface area contributed by atoms with Crippen molar-refractivity contribution < 1.29 is 9.53 Å². The van der Waals surface area contributed by atoms with Crippen LogP contribution in [0.15, 0.2) is 36.4 Å². The summed E-state index contributed by atoms with van der Waals surface area (Å²) >= 11 is 0. The van der Waals surface area contributed by atoms with E-state index in [0.29, 0.717) is 12.6 Å². The molecular weight excluding hydrogens is 276 g/mol. The lowest BCUT2D eigenvalue weighted by molar-refractivity contribution is 0.0534. The Morgan fingerprint density at radius 1 is 1.23 bits per heavy atom. The molecule has 0 aromatic heterocycles. The van der Waals surface area contributed by atoms with Crippen molar-refractivity contribution in [1.82, 2.24) is 10.6 Å². The lowest BCUT2D eigenvalue weighted by Crippen LogP contribution is -2.32. The van der Waals surface area contributed by atoms with Crippen LogP contribution in [0.5, 0.6) is 0 Å². The molecule has 1 unspecified atom stereocenters. The van der Waals surface area contributed by atoms with Crippen LogP contribution in [0.4, 0.5) is 4.79 Å². The minimum atomic E-state index is -0.460. The lowest BCUT2D eigenvalue weighted by atomic mass is 10.0. The first-order valence-corrected chi connectivity index (χ1v) is 7.70. The molecule has 2 N–H and O–H groups in total. The van der Waals surface area contributed by atoms with Gasteiger partial charge in [0.1, 0.15) is 5.60 Å². The van der Waals surface area contributed by atoms with E-state index in [1.54, 1.807) is 0 Å². The number of hydrogen-bond acceptors (Lipinski definition) is 3. The molecule has 0 aliphatic rings. The van der Waals surface area contributed by atoms with Crippen molar-refractivity contribution in [3.8, 4) is 0 Å². The van der Waals surface area contributed by atoms with E-state index in [1.807, 2.05) is 39.0 Å². The third-order valence-corrected chi connectivity index (χ3v) is 3.13. The van der Waals surface area contributed by atoms with Gasteiger partial charge in [-0.3, -0.25) is 0 Å². The van der Waals surface area contributed by atoms with Crippen LogP contribution in [0.1, 0.15) is 44.9 Å². The van der Waals surface area contributed by atoms with Crippen LogP contribution in [0.25, 0.3) is 0 Å². The molecule has 4 heteroatoms. The summed E-state index contributed by atoms with van der Waals surface area (Å²) in [7, 11) is 0. The molecule has 1 aromatic carbocycles. The summed E-state index contributed by atoms with van der Waals surface area (Å²) < 4.78 is 5.15. The highest BCUT2D eigenvalue weighted by Crippen LogP contribution is 2.16. The van der Waals surface area contributed by atoms with E-state index in [-0.39, 0.29) is 0 Å². The predicted molar refractivity (Wildman–Crippen MR) is 91.0 cm³/mol. The van der Waals surface area contributed by atoms with Crippen molar-refractivity contribution in [3.63, 3.8) is 0 Å². The number of rotatable bonds is 6. The van der Waals surface area contributed by atoms with Crippen LogP contribution < -0.4 is 10.6 Å². The number of amides is 1.